The Hall–Kier alpha value is -3.89. The molecule has 3 aromatic heterocycles. The molecule has 196 valence electrons. The second-order valence-electron chi connectivity index (χ2n) is 10.3. The second kappa shape index (κ2) is 9.53. The number of urea groups is 1. The second-order valence-corrected chi connectivity index (χ2v) is 10.3. The maximum Gasteiger partial charge on any atom is 0.410 e. The number of ether oxygens (including phenoxy) is 1. The van der Waals surface area contributed by atoms with Gasteiger partial charge in [0.1, 0.15) is 11.4 Å². The van der Waals surface area contributed by atoms with Gasteiger partial charge in [-0.15, -0.1) is 0 Å². The van der Waals surface area contributed by atoms with Crippen molar-refractivity contribution in [2.45, 2.75) is 46.1 Å². The summed E-state index contributed by atoms with van der Waals surface area (Å²) in [4.78, 5) is 39.9. The molecule has 0 spiro atoms. The van der Waals surface area contributed by atoms with Crippen LogP contribution < -0.4 is 15.1 Å². The van der Waals surface area contributed by atoms with Crippen LogP contribution in [0.1, 0.15) is 39.0 Å². The highest BCUT2D eigenvalue weighted by molar-refractivity contribution is 6.03. The van der Waals surface area contributed by atoms with E-state index >= 15 is 0 Å². The van der Waals surface area contributed by atoms with Crippen molar-refractivity contribution in [2.24, 2.45) is 0 Å². The van der Waals surface area contributed by atoms with Crippen molar-refractivity contribution in [2.75, 3.05) is 47.8 Å². The van der Waals surface area contributed by atoms with E-state index in [0.29, 0.717) is 57.1 Å². The predicted octanol–water partition coefficient (Wildman–Crippen LogP) is 4.08. The van der Waals surface area contributed by atoms with Crippen LogP contribution in [0.5, 0.6) is 0 Å². The molecule has 3 amide bonds. The van der Waals surface area contributed by atoms with E-state index < -0.39 is 11.4 Å². The molecule has 3 aromatic rings. The monoisotopic (exact) mass is 509 g/mol. The van der Waals surface area contributed by atoms with E-state index in [1.54, 1.807) is 32.8 Å². The van der Waals surface area contributed by atoms with Crippen molar-refractivity contribution in [3.05, 3.63) is 47.8 Å². The molecule has 0 atom stereocenters. The van der Waals surface area contributed by atoms with Gasteiger partial charge in [0.15, 0.2) is 11.5 Å². The van der Waals surface area contributed by atoms with Gasteiger partial charge in [-0.3, -0.25) is 4.90 Å². The first kappa shape index (κ1) is 24.8. The van der Waals surface area contributed by atoms with E-state index in [9.17, 15) is 14.0 Å². The fourth-order valence-corrected chi connectivity index (χ4v) is 4.76. The molecule has 0 saturated carbocycles. The van der Waals surface area contributed by atoms with Crippen LogP contribution in [0.15, 0.2) is 30.7 Å². The number of piperazine rings is 1. The van der Waals surface area contributed by atoms with E-state index in [0.717, 1.165) is 16.9 Å². The normalized spacial score (nSPS) is 15.8. The number of rotatable bonds is 3. The number of amides is 3. The molecule has 5 rings (SSSR count). The van der Waals surface area contributed by atoms with Crippen LogP contribution in [0.4, 0.5) is 31.2 Å². The molecule has 2 aliphatic rings. The van der Waals surface area contributed by atoms with Crippen molar-refractivity contribution < 1.29 is 18.7 Å². The topological polar surface area (TPSA) is 95.3 Å². The van der Waals surface area contributed by atoms with E-state index in [2.05, 4.69) is 20.2 Å². The molecular formula is C26H32FN7O3. The summed E-state index contributed by atoms with van der Waals surface area (Å²) in [6, 6.07) is 2.87. The first-order valence-electron chi connectivity index (χ1n) is 12.6. The lowest BCUT2D eigenvalue weighted by Crippen LogP contribution is -2.50. The predicted molar refractivity (Wildman–Crippen MR) is 139 cm³/mol. The van der Waals surface area contributed by atoms with Crippen molar-refractivity contribution in [1.29, 1.82) is 0 Å². The summed E-state index contributed by atoms with van der Waals surface area (Å²) in [6.07, 6.45) is 6.17. The fraction of sp³-hybridized carbons (Fsp3) is 0.462. The molecule has 1 N–H and O–H groups in total. The number of nitrogens with zero attached hydrogens (tertiary/aromatic N) is 6. The fourth-order valence-electron chi connectivity index (χ4n) is 4.76. The van der Waals surface area contributed by atoms with Crippen LogP contribution in [0.25, 0.3) is 5.65 Å². The molecule has 0 bridgehead atoms. The number of hydrogen-bond acceptors (Lipinski definition) is 6. The average Bonchev–Trinajstić information content (AvgIpc) is 3.47. The number of imidazole rings is 1. The number of aryl methyl sites for hydroxylation is 1. The lowest BCUT2D eigenvalue weighted by molar-refractivity contribution is 0.0240. The number of hydrogen-bond donors (Lipinski definition) is 1. The number of halogens is 1. The van der Waals surface area contributed by atoms with Gasteiger partial charge >= 0.3 is 12.1 Å². The number of fused-ring (bicyclic) bond motifs is 2. The van der Waals surface area contributed by atoms with E-state index in [1.807, 2.05) is 33.8 Å². The minimum atomic E-state index is -0.529. The van der Waals surface area contributed by atoms with Gasteiger partial charge < -0.3 is 24.3 Å². The summed E-state index contributed by atoms with van der Waals surface area (Å²) in [5.41, 5.74) is 2.84. The van der Waals surface area contributed by atoms with Crippen LogP contribution in [0.3, 0.4) is 0 Å². The molecule has 0 aromatic carbocycles. The maximum absolute atomic E-state index is 14.6. The Balaban J connectivity index is 1.28. The average molecular weight is 510 g/mol. The van der Waals surface area contributed by atoms with E-state index in [-0.39, 0.29) is 17.8 Å². The summed E-state index contributed by atoms with van der Waals surface area (Å²) < 4.78 is 21.7. The summed E-state index contributed by atoms with van der Waals surface area (Å²) in [7, 11) is 0. The highest BCUT2D eigenvalue weighted by Gasteiger charge is 2.32. The third kappa shape index (κ3) is 5.03. The maximum atomic E-state index is 14.6. The van der Waals surface area contributed by atoms with Crippen LogP contribution in [0.2, 0.25) is 0 Å². The molecule has 0 radical (unpaired) electrons. The van der Waals surface area contributed by atoms with Crippen LogP contribution >= 0.6 is 0 Å². The highest BCUT2D eigenvalue weighted by atomic mass is 19.1. The third-order valence-corrected chi connectivity index (χ3v) is 6.54. The van der Waals surface area contributed by atoms with Gasteiger partial charge in [0.2, 0.25) is 0 Å². The zero-order chi connectivity index (χ0) is 26.3. The van der Waals surface area contributed by atoms with Crippen molar-refractivity contribution in [3.63, 3.8) is 0 Å². The Morgan fingerprint density at radius 1 is 1.14 bits per heavy atom. The number of nitrogens with one attached hydrogen (secondary N) is 1. The number of aromatic nitrogens is 3. The highest BCUT2D eigenvalue weighted by Crippen LogP contribution is 2.34. The van der Waals surface area contributed by atoms with Gasteiger partial charge in [0, 0.05) is 68.6 Å². The summed E-state index contributed by atoms with van der Waals surface area (Å²) in [5.74, 6) is 0.104. The number of pyridine rings is 2. The largest absolute Gasteiger partial charge is 0.444 e. The lowest BCUT2D eigenvalue weighted by Gasteiger charge is -2.37. The van der Waals surface area contributed by atoms with Crippen molar-refractivity contribution in [1.82, 2.24) is 19.3 Å². The Bertz CT molecular complexity index is 1340. The Morgan fingerprint density at radius 2 is 1.89 bits per heavy atom. The van der Waals surface area contributed by atoms with Crippen LogP contribution in [-0.2, 0) is 17.6 Å². The molecule has 5 heterocycles. The quantitative estimate of drug-likeness (QED) is 0.572. The number of carbonyl (C=O) groups is 2. The molecule has 37 heavy (non-hydrogen) atoms. The Morgan fingerprint density at radius 3 is 2.59 bits per heavy atom. The van der Waals surface area contributed by atoms with Gasteiger partial charge in [-0.05, 0) is 39.7 Å². The zero-order valence-corrected chi connectivity index (χ0v) is 21.6. The summed E-state index contributed by atoms with van der Waals surface area (Å²) in [5, 5.41) is 2.81. The Labute approximate surface area is 215 Å². The van der Waals surface area contributed by atoms with Gasteiger partial charge in [0.25, 0.3) is 0 Å². The summed E-state index contributed by atoms with van der Waals surface area (Å²) >= 11 is 0. The van der Waals surface area contributed by atoms with Gasteiger partial charge in [0.05, 0.1) is 11.4 Å². The lowest BCUT2D eigenvalue weighted by atomic mass is 10.1. The standard InChI is InChI=1S/C26H32FN7O3/c1-5-17-15-33-16-18(14-20(27)23(33)29-17)30-24(35)34-9-7-19-21(6-8-28-22(19)34)31-10-12-32(13-11-31)25(36)37-26(2,3)4/h6,8,14-16H,5,7,9-13H2,1-4H3,(H,30,35). The molecule has 1 fully saturated rings. The minimum Gasteiger partial charge on any atom is -0.444 e. The molecule has 2 aliphatic heterocycles. The minimum absolute atomic E-state index is 0.236. The Kier molecular flexibility index (Phi) is 6.38. The molecule has 11 heteroatoms. The third-order valence-electron chi connectivity index (χ3n) is 6.54. The molecule has 1 saturated heterocycles. The van der Waals surface area contributed by atoms with Gasteiger partial charge in [-0.1, -0.05) is 6.92 Å². The first-order valence-corrected chi connectivity index (χ1v) is 12.6. The van der Waals surface area contributed by atoms with Crippen LogP contribution in [-0.4, -0.2) is 69.7 Å². The van der Waals surface area contributed by atoms with E-state index in [4.69, 9.17) is 4.74 Å². The first-order chi connectivity index (χ1) is 17.6. The molecule has 0 aliphatic carbocycles. The van der Waals surface area contributed by atoms with Crippen LogP contribution in [0, 0.1) is 5.82 Å². The molecular weight excluding hydrogens is 477 g/mol. The molecule has 10 nitrogen and oxygen atoms in total. The summed E-state index contributed by atoms with van der Waals surface area (Å²) in [6.45, 7) is 10.4. The smallest absolute Gasteiger partial charge is 0.410 e. The zero-order valence-electron chi connectivity index (χ0n) is 21.6. The molecule has 0 unspecified atom stereocenters. The van der Waals surface area contributed by atoms with Crippen molar-refractivity contribution >= 4 is 35.0 Å². The number of anilines is 3. The van der Waals surface area contributed by atoms with Gasteiger partial charge in [-0.25, -0.2) is 23.9 Å². The van der Waals surface area contributed by atoms with Gasteiger partial charge in [-0.2, -0.15) is 0 Å². The van der Waals surface area contributed by atoms with Crippen molar-refractivity contribution in [3.8, 4) is 0 Å². The SMILES string of the molecule is CCc1cn2cc(NC(=O)N3CCc4c(N5CCN(C(=O)OC(C)(C)C)CC5)ccnc43)cc(F)c2n1. The number of carbonyl (C=O) groups excluding carboxylic acids is 2. The van der Waals surface area contributed by atoms with E-state index in [1.165, 1.54) is 6.07 Å².